The molecule has 0 saturated heterocycles. The number of anilines is 1. The molecule has 0 fully saturated rings. The molecule has 1 unspecified atom stereocenters. The number of rotatable bonds is 4. The summed E-state index contributed by atoms with van der Waals surface area (Å²) in [6.07, 6.45) is 1.01. The van der Waals surface area contributed by atoms with Gasteiger partial charge in [0.05, 0.1) is 5.41 Å². The molecule has 0 spiro atoms. The first-order valence-corrected chi connectivity index (χ1v) is 8.11. The number of benzene rings is 2. The summed E-state index contributed by atoms with van der Waals surface area (Å²) < 4.78 is 0. The summed E-state index contributed by atoms with van der Waals surface area (Å²) in [4.78, 5) is 14.2. The number of hydrogen-bond acceptors (Lipinski definition) is 1. The molecular weight excluding hydrogens is 317 g/mol. The van der Waals surface area contributed by atoms with Gasteiger partial charge >= 0.3 is 0 Å². The molecule has 2 nitrogen and oxygen atoms in total. The zero-order valence-electron chi connectivity index (χ0n) is 12.3. The van der Waals surface area contributed by atoms with Crippen LogP contribution in [0.3, 0.4) is 0 Å². The third-order valence-corrected chi connectivity index (χ3v) is 4.66. The molecule has 1 heterocycles. The molecule has 2 aromatic carbocycles. The largest absolute Gasteiger partial charge is 0.314 e. The molecule has 0 N–H and O–H groups in total. The summed E-state index contributed by atoms with van der Waals surface area (Å²) in [5, 5.41) is 0. The molecule has 3 rings (SSSR count). The van der Waals surface area contributed by atoms with Gasteiger partial charge in [0.2, 0.25) is 5.91 Å². The van der Waals surface area contributed by atoms with Crippen LogP contribution in [0, 0.1) is 0 Å². The maximum absolute atomic E-state index is 13.0. The third-order valence-electron chi connectivity index (χ3n) is 4.35. The van der Waals surface area contributed by atoms with Gasteiger partial charge in [-0.2, -0.15) is 0 Å². The Balaban J connectivity index is 2.12. The average molecular weight is 334 g/mol. The second kappa shape index (κ2) is 5.94. The van der Waals surface area contributed by atoms with E-state index in [2.05, 4.69) is 0 Å². The van der Waals surface area contributed by atoms with Crippen LogP contribution < -0.4 is 4.90 Å². The van der Waals surface area contributed by atoms with Crippen molar-refractivity contribution in [3.63, 3.8) is 0 Å². The number of carbonyl (C=O) groups excluding carboxylic acids is 1. The fraction of sp³-hybridized carbons (Fsp3) is 0.278. The molecule has 1 atom stereocenters. The Morgan fingerprint density at radius 3 is 2.36 bits per heavy atom. The van der Waals surface area contributed by atoms with E-state index in [4.69, 9.17) is 23.2 Å². The summed E-state index contributed by atoms with van der Waals surface area (Å²) >= 11 is 12.2. The zero-order chi connectivity index (χ0) is 15.7. The molecule has 1 amide bonds. The standard InChI is InChI=1S/C18H17Cl2NO/c1-21-15-10-6-5-9-14(15)18(17(21)22,12-16(19)20)11-13-7-3-2-4-8-13/h2-10,16H,11-12H2,1H3. The van der Waals surface area contributed by atoms with Crippen LogP contribution in [0.25, 0.3) is 0 Å². The Morgan fingerprint density at radius 2 is 1.68 bits per heavy atom. The number of para-hydroxylation sites is 1. The summed E-state index contributed by atoms with van der Waals surface area (Å²) in [5.74, 6) is 0.0591. The maximum atomic E-state index is 13.0. The highest BCUT2D eigenvalue weighted by atomic mass is 35.5. The van der Waals surface area contributed by atoms with Gasteiger partial charge in [0.1, 0.15) is 4.84 Å². The van der Waals surface area contributed by atoms with Crippen molar-refractivity contribution >= 4 is 34.8 Å². The fourth-order valence-electron chi connectivity index (χ4n) is 3.36. The van der Waals surface area contributed by atoms with Gasteiger partial charge in [0, 0.05) is 12.7 Å². The Hall–Kier alpha value is -1.51. The number of fused-ring (bicyclic) bond motifs is 1. The number of carbonyl (C=O) groups is 1. The monoisotopic (exact) mass is 333 g/mol. The Morgan fingerprint density at radius 1 is 1.05 bits per heavy atom. The number of nitrogens with zero attached hydrogens (tertiary/aromatic N) is 1. The Kier molecular flexibility index (Phi) is 4.16. The Labute approximate surface area is 140 Å². The average Bonchev–Trinajstić information content (AvgIpc) is 2.71. The summed E-state index contributed by atoms with van der Waals surface area (Å²) in [6, 6.07) is 17.9. The lowest BCUT2D eigenvalue weighted by molar-refractivity contribution is -0.123. The second-order valence-electron chi connectivity index (χ2n) is 5.72. The van der Waals surface area contributed by atoms with E-state index < -0.39 is 10.3 Å². The van der Waals surface area contributed by atoms with Crippen molar-refractivity contribution < 1.29 is 4.79 Å². The fourth-order valence-corrected chi connectivity index (χ4v) is 3.89. The van der Waals surface area contributed by atoms with E-state index in [1.54, 1.807) is 4.90 Å². The van der Waals surface area contributed by atoms with E-state index in [0.717, 1.165) is 16.8 Å². The molecule has 0 aliphatic carbocycles. The van der Waals surface area contributed by atoms with Gasteiger partial charge in [-0.1, -0.05) is 48.5 Å². The number of amides is 1. The molecule has 2 aromatic rings. The number of likely N-dealkylation sites (N-methyl/N-ethyl adjacent to an activating group) is 1. The summed E-state index contributed by atoms with van der Waals surface area (Å²) in [7, 11) is 1.81. The molecule has 0 aromatic heterocycles. The van der Waals surface area contributed by atoms with Gasteiger partial charge in [0.25, 0.3) is 0 Å². The predicted octanol–water partition coefficient (Wildman–Crippen LogP) is 4.34. The topological polar surface area (TPSA) is 20.3 Å². The molecule has 1 aliphatic heterocycles. The number of halogens is 2. The summed E-state index contributed by atoms with van der Waals surface area (Å²) in [5.41, 5.74) is 2.37. The van der Waals surface area contributed by atoms with E-state index >= 15 is 0 Å². The molecule has 0 bridgehead atoms. The minimum absolute atomic E-state index is 0.0591. The van der Waals surface area contributed by atoms with Gasteiger partial charge in [0.15, 0.2) is 0 Å². The molecular formula is C18H17Cl2NO. The van der Waals surface area contributed by atoms with Crippen LogP contribution >= 0.6 is 23.2 Å². The lowest BCUT2D eigenvalue weighted by Gasteiger charge is -2.29. The minimum atomic E-state index is -0.694. The zero-order valence-corrected chi connectivity index (χ0v) is 13.8. The highest BCUT2D eigenvalue weighted by molar-refractivity contribution is 6.44. The van der Waals surface area contributed by atoms with Crippen molar-refractivity contribution in [1.29, 1.82) is 0 Å². The molecule has 1 aliphatic rings. The van der Waals surface area contributed by atoms with Gasteiger partial charge in [-0.3, -0.25) is 4.79 Å². The highest BCUT2D eigenvalue weighted by Crippen LogP contribution is 2.47. The van der Waals surface area contributed by atoms with E-state index in [9.17, 15) is 4.79 Å². The molecule has 4 heteroatoms. The molecule has 0 saturated carbocycles. The van der Waals surface area contributed by atoms with Crippen LogP contribution in [0.2, 0.25) is 0 Å². The number of alkyl halides is 2. The SMILES string of the molecule is CN1C(=O)C(Cc2ccccc2)(CC(Cl)Cl)c2ccccc21. The van der Waals surface area contributed by atoms with Gasteiger partial charge < -0.3 is 4.90 Å². The van der Waals surface area contributed by atoms with Crippen LogP contribution in [0.5, 0.6) is 0 Å². The first-order chi connectivity index (χ1) is 10.5. The summed E-state index contributed by atoms with van der Waals surface area (Å²) in [6.45, 7) is 0. The first-order valence-electron chi connectivity index (χ1n) is 7.24. The van der Waals surface area contributed by atoms with Crippen LogP contribution in [-0.2, 0) is 16.6 Å². The number of hydrogen-bond donors (Lipinski definition) is 0. The van der Waals surface area contributed by atoms with Crippen molar-refractivity contribution in [3.8, 4) is 0 Å². The van der Waals surface area contributed by atoms with Crippen molar-refractivity contribution in [1.82, 2.24) is 0 Å². The van der Waals surface area contributed by atoms with Gasteiger partial charge in [-0.05, 0) is 30.0 Å². The predicted molar refractivity (Wildman–Crippen MR) is 91.8 cm³/mol. The second-order valence-corrected chi connectivity index (χ2v) is 7.00. The van der Waals surface area contributed by atoms with Crippen LogP contribution in [-0.4, -0.2) is 17.8 Å². The van der Waals surface area contributed by atoms with Crippen LogP contribution in [0.1, 0.15) is 17.5 Å². The van der Waals surface area contributed by atoms with Crippen molar-refractivity contribution in [2.24, 2.45) is 0 Å². The van der Waals surface area contributed by atoms with Crippen molar-refractivity contribution in [3.05, 3.63) is 65.7 Å². The van der Waals surface area contributed by atoms with Crippen LogP contribution in [0.15, 0.2) is 54.6 Å². The van der Waals surface area contributed by atoms with Crippen LogP contribution in [0.4, 0.5) is 5.69 Å². The molecule has 22 heavy (non-hydrogen) atoms. The maximum Gasteiger partial charge on any atom is 0.237 e. The quantitative estimate of drug-likeness (QED) is 0.762. The van der Waals surface area contributed by atoms with E-state index in [0.29, 0.717) is 12.8 Å². The van der Waals surface area contributed by atoms with E-state index in [1.807, 2.05) is 61.6 Å². The van der Waals surface area contributed by atoms with Gasteiger partial charge in [-0.15, -0.1) is 23.2 Å². The Bertz CT molecular complexity index is 686. The first kappa shape index (κ1) is 15.4. The van der Waals surface area contributed by atoms with E-state index in [-0.39, 0.29) is 5.91 Å². The minimum Gasteiger partial charge on any atom is -0.314 e. The normalized spacial score (nSPS) is 20.5. The lowest BCUT2D eigenvalue weighted by atomic mass is 9.74. The lowest BCUT2D eigenvalue weighted by Crippen LogP contribution is -2.41. The molecule has 114 valence electrons. The van der Waals surface area contributed by atoms with E-state index in [1.165, 1.54) is 0 Å². The smallest absolute Gasteiger partial charge is 0.237 e. The van der Waals surface area contributed by atoms with Crippen molar-refractivity contribution in [2.45, 2.75) is 23.1 Å². The van der Waals surface area contributed by atoms with Gasteiger partial charge in [-0.25, -0.2) is 0 Å². The highest BCUT2D eigenvalue weighted by Gasteiger charge is 2.50. The van der Waals surface area contributed by atoms with Crippen molar-refractivity contribution in [2.75, 3.05) is 11.9 Å². The third kappa shape index (κ3) is 2.51. The molecule has 0 radical (unpaired) electrons.